The quantitative estimate of drug-likeness (QED) is 0.107. The first-order valence-electron chi connectivity index (χ1n) is 48.6. The number of hydrogen-bond acceptors (Lipinski definition) is 2. The number of nitrogens with zero attached hydrogens (tertiary/aromatic N) is 2. The van der Waals surface area contributed by atoms with Crippen molar-refractivity contribution < 1.29 is 0 Å². The van der Waals surface area contributed by atoms with Crippen molar-refractivity contribution in [3.8, 4) is 134 Å². The van der Waals surface area contributed by atoms with Crippen molar-refractivity contribution in [1.29, 1.82) is 0 Å². The highest BCUT2D eigenvalue weighted by Gasteiger charge is 2.42. The van der Waals surface area contributed by atoms with E-state index in [1.54, 1.807) is 0 Å². The lowest BCUT2D eigenvalue weighted by Gasteiger charge is -2.30. The lowest BCUT2D eigenvalue weighted by atomic mass is 9.81. The van der Waals surface area contributed by atoms with Gasteiger partial charge in [-0.05, 0) is 330 Å². The number of anilines is 6. The highest BCUT2D eigenvalue weighted by atomic mass is 15.1. The van der Waals surface area contributed by atoms with E-state index in [0.29, 0.717) is 0 Å². The normalized spacial score (nSPS) is 13.7. The van der Waals surface area contributed by atoms with Crippen LogP contribution in [-0.4, -0.2) is 0 Å². The van der Waals surface area contributed by atoms with Crippen molar-refractivity contribution >= 4 is 77.2 Å². The summed E-state index contributed by atoms with van der Waals surface area (Å²) in [7, 11) is 0. The van der Waals surface area contributed by atoms with Crippen LogP contribution in [0.25, 0.3) is 177 Å². The number of hydrogen-bond donors (Lipinski definition) is 0. The molecule has 2 nitrogen and oxygen atoms in total. The third-order valence-corrected chi connectivity index (χ3v) is 30.9. The Hall–Kier alpha value is -16.5. The van der Waals surface area contributed by atoms with Gasteiger partial charge >= 0.3 is 0 Å². The van der Waals surface area contributed by atoms with Crippen molar-refractivity contribution in [2.24, 2.45) is 0 Å². The van der Waals surface area contributed by atoms with Gasteiger partial charge in [0.25, 0.3) is 0 Å². The molecule has 0 amide bonds. The fourth-order valence-corrected chi connectivity index (χ4v) is 23.3. The summed E-state index contributed by atoms with van der Waals surface area (Å²) >= 11 is 0. The van der Waals surface area contributed by atoms with Gasteiger partial charge < -0.3 is 9.80 Å². The molecule has 0 saturated carbocycles. The molecule has 0 spiro atoms. The van der Waals surface area contributed by atoms with Gasteiger partial charge in [-0.1, -0.05) is 419 Å². The Morgan fingerprint density at radius 1 is 0.123 bits per heavy atom. The van der Waals surface area contributed by atoms with Gasteiger partial charge in [-0.3, -0.25) is 0 Å². The molecule has 4 aliphatic rings. The predicted octanol–water partition coefficient (Wildman–Crippen LogP) is 37.5. The van der Waals surface area contributed by atoms with E-state index in [-0.39, 0.29) is 21.7 Å². The Bertz CT molecular complexity index is 8250. The second-order valence-corrected chi connectivity index (χ2v) is 40.3. The van der Waals surface area contributed by atoms with E-state index in [9.17, 15) is 0 Å². The van der Waals surface area contributed by atoms with Crippen LogP contribution < -0.4 is 9.80 Å². The molecule has 0 aliphatic heterocycles. The molecule has 0 unspecified atom stereocenters. The fourth-order valence-electron chi connectivity index (χ4n) is 23.3. The first-order chi connectivity index (χ1) is 67.4. The molecule has 0 fully saturated rings. The van der Waals surface area contributed by atoms with Crippen molar-refractivity contribution in [1.82, 2.24) is 0 Å². The van der Waals surface area contributed by atoms with Crippen molar-refractivity contribution in [3.05, 3.63) is 518 Å². The zero-order valence-corrected chi connectivity index (χ0v) is 78.9. The highest BCUT2D eigenvalue weighted by Crippen LogP contribution is 2.59. The van der Waals surface area contributed by atoms with Crippen molar-refractivity contribution in [3.63, 3.8) is 0 Å². The monoisotopic (exact) mass is 1760 g/mol. The molecular formula is C136H102N2. The highest BCUT2D eigenvalue weighted by molar-refractivity contribution is 6.02. The van der Waals surface area contributed by atoms with Gasteiger partial charge in [0.1, 0.15) is 0 Å². The topological polar surface area (TPSA) is 6.48 Å². The Morgan fingerprint density at radius 3 is 0.638 bits per heavy atom. The molecular weight excluding hydrogens is 1660 g/mol. The zero-order chi connectivity index (χ0) is 92.9. The van der Waals surface area contributed by atoms with Crippen LogP contribution in [0, 0.1) is 0 Å². The molecule has 4 aliphatic carbocycles. The zero-order valence-electron chi connectivity index (χ0n) is 78.9. The molecule has 0 bridgehead atoms. The molecule has 138 heavy (non-hydrogen) atoms. The van der Waals surface area contributed by atoms with Crippen LogP contribution >= 0.6 is 0 Å². The minimum atomic E-state index is -0.216. The van der Waals surface area contributed by atoms with Gasteiger partial charge in [-0.15, -0.1) is 0 Å². The maximum Gasteiger partial charge on any atom is 0.0465 e. The molecule has 0 radical (unpaired) electrons. The Kier molecular flexibility index (Phi) is 19.7. The number of rotatable bonds is 14. The largest absolute Gasteiger partial charge is 0.310 e. The van der Waals surface area contributed by atoms with E-state index in [1.165, 1.54) is 221 Å². The van der Waals surface area contributed by atoms with Gasteiger partial charge in [0.15, 0.2) is 0 Å². The van der Waals surface area contributed by atoms with Crippen LogP contribution in [0.1, 0.15) is 99.9 Å². The Labute approximate surface area is 809 Å². The number of fused-ring (bicyclic) bond motifs is 16. The van der Waals surface area contributed by atoms with Gasteiger partial charge in [0.2, 0.25) is 0 Å². The molecule has 26 rings (SSSR count). The summed E-state index contributed by atoms with van der Waals surface area (Å²) in [6, 6.07) is 176. The Morgan fingerprint density at radius 2 is 0.326 bits per heavy atom. The lowest BCUT2D eigenvalue weighted by molar-refractivity contribution is 0.660. The molecule has 22 aromatic rings. The van der Waals surface area contributed by atoms with E-state index in [1.807, 2.05) is 0 Å². The Balaban J connectivity index is 0.000000146. The fraction of sp³-hybridized carbons (Fsp3) is 0.0882. The second-order valence-electron chi connectivity index (χ2n) is 40.3. The summed E-state index contributed by atoms with van der Waals surface area (Å²) in [6.45, 7) is 19.2. The summed E-state index contributed by atoms with van der Waals surface area (Å²) in [5.74, 6) is 0. The van der Waals surface area contributed by atoms with Crippen LogP contribution in [0.4, 0.5) is 34.1 Å². The van der Waals surface area contributed by atoms with Crippen LogP contribution in [-0.2, 0) is 21.7 Å². The summed E-state index contributed by atoms with van der Waals surface area (Å²) in [5, 5.41) is 10.2. The summed E-state index contributed by atoms with van der Waals surface area (Å²) in [5.41, 5.74) is 47.1. The van der Waals surface area contributed by atoms with Crippen LogP contribution in [0.2, 0.25) is 0 Å². The van der Waals surface area contributed by atoms with Gasteiger partial charge in [0.05, 0.1) is 0 Å². The molecule has 0 aromatic heterocycles. The first kappa shape index (κ1) is 83.3. The van der Waals surface area contributed by atoms with E-state index < -0.39 is 0 Å². The maximum atomic E-state index is 2.48. The minimum Gasteiger partial charge on any atom is -0.310 e. The third kappa shape index (κ3) is 14.1. The van der Waals surface area contributed by atoms with Gasteiger partial charge in [-0.25, -0.2) is 0 Å². The molecule has 2 heteroatoms. The van der Waals surface area contributed by atoms with Gasteiger partial charge in [0, 0.05) is 55.8 Å². The standard InChI is InChI=1S/2C68H51N/c1-67(2)63-40-50(57-22-12-18-48-16-8-10-20-55(48)57)30-36-59(63)61-38-34-53(42-65(61)67)69(52-32-28-47(29-33-52)46-26-24-45(25-27-46)44-14-6-5-7-15-44)54-35-39-62-60-37-31-51(41-64(60)68(3,4)66(62)43-54)58-23-13-19-49-17-9-11-21-56(49)58;1-67(2)63-40-54(52-24-22-45-14-8-10-16-50(45)38-52)28-34-59(63)61-36-32-57(42-65(61)67)69(56-30-26-49(27-31-56)48-20-18-47(19-21-48)44-12-6-5-7-13-44)58-33-37-62-60-35-29-55(41-64(60)68(3,4)66(62)43-58)53-25-23-46-15-9-11-17-51(46)39-53/h2*5-43H,1-4H3. The summed E-state index contributed by atoms with van der Waals surface area (Å²) < 4.78 is 0. The van der Waals surface area contributed by atoms with Crippen LogP contribution in [0.5, 0.6) is 0 Å². The summed E-state index contributed by atoms with van der Waals surface area (Å²) in [4.78, 5) is 4.95. The third-order valence-electron chi connectivity index (χ3n) is 30.9. The average molecular weight is 1760 g/mol. The smallest absolute Gasteiger partial charge is 0.0465 e. The van der Waals surface area contributed by atoms with E-state index >= 15 is 0 Å². The van der Waals surface area contributed by atoms with Crippen molar-refractivity contribution in [2.75, 3.05) is 9.80 Å². The van der Waals surface area contributed by atoms with E-state index in [0.717, 1.165) is 34.1 Å². The molecule has 0 atom stereocenters. The predicted molar refractivity (Wildman–Crippen MR) is 586 cm³/mol. The SMILES string of the molecule is CC1(C)c2cc(-c3ccc4ccccc4c3)ccc2-c2ccc(N(c3ccc(-c4ccc(-c5ccccc5)cc4)cc3)c3ccc4c(c3)C(C)(C)c3cc(-c5ccc6ccccc6c5)ccc3-4)cc21.CC1(C)c2cc(-c3cccc4ccccc34)ccc2-c2ccc(N(c3ccc(-c4ccc(-c5ccccc5)cc4)cc3)c3ccc4c(c3)C(C)(C)c3cc(-c5cccc6ccccc56)ccc3-4)cc21. The maximum absolute atomic E-state index is 2.48. The van der Waals surface area contributed by atoms with Crippen LogP contribution in [0.3, 0.4) is 0 Å². The van der Waals surface area contributed by atoms with E-state index in [2.05, 4.69) is 538 Å². The second kappa shape index (κ2) is 32.7. The van der Waals surface area contributed by atoms with Gasteiger partial charge in [-0.2, -0.15) is 0 Å². The molecule has 0 saturated heterocycles. The first-order valence-corrected chi connectivity index (χ1v) is 48.6. The average Bonchev–Trinajstić information content (AvgIpc) is 1.57. The number of benzene rings is 22. The molecule has 0 heterocycles. The molecule has 22 aromatic carbocycles. The minimum absolute atomic E-state index is 0.209. The van der Waals surface area contributed by atoms with Crippen molar-refractivity contribution in [2.45, 2.75) is 77.0 Å². The summed E-state index contributed by atoms with van der Waals surface area (Å²) in [6.07, 6.45) is 0. The lowest BCUT2D eigenvalue weighted by Crippen LogP contribution is -2.18. The molecule has 656 valence electrons. The van der Waals surface area contributed by atoms with E-state index in [4.69, 9.17) is 0 Å². The van der Waals surface area contributed by atoms with Crippen LogP contribution in [0.15, 0.2) is 473 Å². The molecule has 0 N–H and O–H groups in total.